The van der Waals surface area contributed by atoms with Gasteiger partial charge in [0.05, 0.1) is 0 Å². The molecule has 0 unspecified atom stereocenters. The third-order valence-electron chi connectivity index (χ3n) is 1.80. The Balaban J connectivity index is 3.05. The highest BCUT2D eigenvalue weighted by Crippen LogP contribution is 2.00. The van der Waals surface area contributed by atoms with E-state index in [9.17, 15) is 4.79 Å². The lowest BCUT2D eigenvalue weighted by atomic mass is 10.2. The Bertz CT molecular complexity index is 132. The van der Waals surface area contributed by atoms with Crippen LogP contribution >= 0.6 is 0 Å². The lowest BCUT2D eigenvalue weighted by molar-refractivity contribution is -0.117. The predicted molar refractivity (Wildman–Crippen MR) is 52.0 cm³/mol. The summed E-state index contributed by atoms with van der Waals surface area (Å²) in [7, 11) is 1.82. The molecule has 0 aliphatic carbocycles. The fourth-order valence-electron chi connectivity index (χ4n) is 1.02. The molecule has 0 saturated carbocycles. The topological polar surface area (TPSA) is 20.3 Å². The summed E-state index contributed by atoms with van der Waals surface area (Å²) in [5.74, 6) is 0. The quantitative estimate of drug-likeness (QED) is 0.325. The van der Waals surface area contributed by atoms with Gasteiger partial charge in [0.25, 0.3) is 0 Å². The predicted octanol–water partition coefficient (Wildman–Crippen LogP) is 2.21. The highest BCUT2D eigenvalue weighted by atomic mass is 16.1. The molecule has 0 aromatic rings. The van der Waals surface area contributed by atoms with Gasteiger partial charge in [-0.1, -0.05) is 18.6 Å². The van der Waals surface area contributed by atoms with E-state index < -0.39 is 0 Å². The highest BCUT2D eigenvalue weighted by Gasteiger charge is 1.92. The Labute approximate surface area is 75.3 Å². The van der Waals surface area contributed by atoms with E-state index in [0.29, 0.717) is 0 Å². The third-order valence-corrected chi connectivity index (χ3v) is 1.80. The second-order valence-electron chi connectivity index (χ2n) is 3.00. The van der Waals surface area contributed by atoms with Crippen molar-refractivity contribution in [3.05, 3.63) is 12.2 Å². The first-order valence-corrected chi connectivity index (χ1v) is 4.58. The lowest BCUT2D eigenvalue weighted by Crippen LogP contribution is -2.16. The van der Waals surface area contributed by atoms with Gasteiger partial charge in [0, 0.05) is 13.6 Å². The number of carbonyl (C=O) groups is 1. The fraction of sp³-hybridized carbons (Fsp3) is 0.700. The Morgan fingerprint density at radius 2 is 2.00 bits per heavy atom. The van der Waals surface area contributed by atoms with Crippen LogP contribution in [-0.4, -0.2) is 24.9 Å². The van der Waals surface area contributed by atoms with Crippen LogP contribution in [0.5, 0.6) is 0 Å². The summed E-state index contributed by atoms with van der Waals surface area (Å²) in [6.07, 6.45) is 9.88. The van der Waals surface area contributed by atoms with Gasteiger partial charge >= 0.3 is 0 Å². The molecule has 1 amide bonds. The molecule has 0 aromatic carbocycles. The number of unbranched alkanes of at least 4 members (excludes halogenated alkanes) is 3. The largest absolute Gasteiger partial charge is 0.348 e. The van der Waals surface area contributed by atoms with E-state index in [0.717, 1.165) is 19.4 Å². The van der Waals surface area contributed by atoms with Crippen LogP contribution in [0.25, 0.3) is 0 Å². The van der Waals surface area contributed by atoms with Crippen LogP contribution in [-0.2, 0) is 4.79 Å². The molecule has 0 aromatic heterocycles. The third kappa shape index (κ3) is 7.32. The van der Waals surface area contributed by atoms with Crippen molar-refractivity contribution in [3.63, 3.8) is 0 Å². The number of carbonyl (C=O) groups excluding carboxylic acids is 1. The van der Waals surface area contributed by atoms with E-state index in [1.54, 1.807) is 4.90 Å². The van der Waals surface area contributed by atoms with Crippen molar-refractivity contribution in [1.82, 2.24) is 4.90 Å². The monoisotopic (exact) mass is 169 g/mol. The Morgan fingerprint density at radius 1 is 1.25 bits per heavy atom. The second kappa shape index (κ2) is 8.31. The van der Waals surface area contributed by atoms with Crippen molar-refractivity contribution in [2.45, 2.75) is 32.6 Å². The molecule has 12 heavy (non-hydrogen) atoms. The van der Waals surface area contributed by atoms with Crippen molar-refractivity contribution in [2.24, 2.45) is 0 Å². The average molecular weight is 169 g/mol. The van der Waals surface area contributed by atoms with Gasteiger partial charge < -0.3 is 4.90 Å². The molecular weight excluding hydrogens is 150 g/mol. The van der Waals surface area contributed by atoms with Crippen LogP contribution in [0.2, 0.25) is 0 Å². The summed E-state index contributed by atoms with van der Waals surface area (Å²) in [4.78, 5) is 11.9. The Morgan fingerprint density at radius 3 is 2.58 bits per heavy atom. The van der Waals surface area contributed by atoms with Gasteiger partial charge in [-0.25, -0.2) is 0 Å². The molecule has 0 radical (unpaired) electrons. The number of allylic oxidation sites excluding steroid dienone is 2. The first kappa shape index (κ1) is 11.2. The summed E-state index contributed by atoms with van der Waals surface area (Å²) in [5, 5.41) is 0. The minimum atomic E-state index is 0.881. The zero-order valence-corrected chi connectivity index (χ0v) is 8.12. The standard InChI is InChI=1S/C10H19NO/c1-3-4-5-6-7-8-9-11(2)10-12/h3-4,10H,5-9H2,1-2H3. The number of amides is 1. The molecule has 2 nitrogen and oxygen atoms in total. The minimum absolute atomic E-state index is 0.881. The molecule has 2 heteroatoms. The number of hydrogen-bond donors (Lipinski definition) is 0. The van der Waals surface area contributed by atoms with E-state index in [4.69, 9.17) is 0 Å². The van der Waals surface area contributed by atoms with E-state index in [-0.39, 0.29) is 0 Å². The van der Waals surface area contributed by atoms with E-state index in [2.05, 4.69) is 12.2 Å². The van der Waals surface area contributed by atoms with Gasteiger partial charge in [-0.2, -0.15) is 0 Å². The zero-order chi connectivity index (χ0) is 9.23. The summed E-state index contributed by atoms with van der Waals surface area (Å²) >= 11 is 0. The normalized spacial score (nSPS) is 10.5. The summed E-state index contributed by atoms with van der Waals surface area (Å²) < 4.78 is 0. The second-order valence-corrected chi connectivity index (χ2v) is 3.00. The molecule has 0 rings (SSSR count). The number of rotatable bonds is 7. The van der Waals surface area contributed by atoms with E-state index in [1.807, 2.05) is 14.0 Å². The SMILES string of the molecule is CC=CCCCCCN(C)C=O. The van der Waals surface area contributed by atoms with Gasteiger partial charge in [-0.15, -0.1) is 0 Å². The maximum absolute atomic E-state index is 10.2. The first-order valence-electron chi connectivity index (χ1n) is 4.58. The summed E-state index contributed by atoms with van der Waals surface area (Å²) in [6, 6.07) is 0. The first-order chi connectivity index (χ1) is 5.81. The van der Waals surface area contributed by atoms with Crippen LogP contribution in [0.15, 0.2) is 12.2 Å². The van der Waals surface area contributed by atoms with Crippen molar-refractivity contribution in [2.75, 3.05) is 13.6 Å². The lowest BCUT2D eigenvalue weighted by Gasteiger charge is -2.08. The van der Waals surface area contributed by atoms with E-state index in [1.165, 1.54) is 19.3 Å². The van der Waals surface area contributed by atoms with Crippen molar-refractivity contribution < 1.29 is 4.79 Å². The summed E-state index contributed by atoms with van der Waals surface area (Å²) in [5.41, 5.74) is 0. The average Bonchev–Trinajstić information content (AvgIpc) is 2.10. The van der Waals surface area contributed by atoms with Crippen LogP contribution in [0.3, 0.4) is 0 Å². The molecule has 70 valence electrons. The van der Waals surface area contributed by atoms with Crippen LogP contribution in [0.1, 0.15) is 32.6 Å². The summed E-state index contributed by atoms with van der Waals surface area (Å²) in [6.45, 7) is 2.93. The van der Waals surface area contributed by atoms with Crippen molar-refractivity contribution >= 4 is 6.41 Å². The molecule has 0 bridgehead atoms. The van der Waals surface area contributed by atoms with Crippen molar-refractivity contribution in [3.8, 4) is 0 Å². The molecule has 0 N–H and O–H groups in total. The maximum Gasteiger partial charge on any atom is 0.209 e. The van der Waals surface area contributed by atoms with Crippen molar-refractivity contribution in [1.29, 1.82) is 0 Å². The molecule has 0 spiro atoms. The maximum atomic E-state index is 10.2. The minimum Gasteiger partial charge on any atom is -0.348 e. The van der Waals surface area contributed by atoms with Gasteiger partial charge in [-0.05, 0) is 26.2 Å². The highest BCUT2D eigenvalue weighted by molar-refractivity contribution is 5.46. The molecule has 0 aliphatic rings. The molecule has 0 fully saturated rings. The van der Waals surface area contributed by atoms with Crippen LogP contribution < -0.4 is 0 Å². The number of hydrogen-bond acceptors (Lipinski definition) is 1. The van der Waals surface area contributed by atoms with Gasteiger partial charge in [0.15, 0.2) is 0 Å². The Hall–Kier alpha value is -0.790. The van der Waals surface area contributed by atoms with Crippen LogP contribution in [0.4, 0.5) is 0 Å². The molecule has 0 heterocycles. The molecule has 0 atom stereocenters. The smallest absolute Gasteiger partial charge is 0.209 e. The molecular formula is C10H19NO. The van der Waals surface area contributed by atoms with Gasteiger partial charge in [0.2, 0.25) is 6.41 Å². The van der Waals surface area contributed by atoms with Gasteiger partial charge in [-0.3, -0.25) is 4.79 Å². The molecule has 0 saturated heterocycles. The van der Waals surface area contributed by atoms with E-state index >= 15 is 0 Å². The molecule has 0 aliphatic heterocycles. The fourth-order valence-corrected chi connectivity index (χ4v) is 1.02. The Kier molecular flexibility index (Phi) is 7.76. The number of nitrogens with zero attached hydrogens (tertiary/aromatic N) is 1. The van der Waals surface area contributed by atoms with Gasteiger partial charge in [0.1, 0.15) is 0 Å². The van der Waals surface area contributed by atoms with Crippen LogP contribution in [0, 0.1) is 0 Å². The zero-order valence-electron chi connectivity index (χ0n) is 8.12.